The van der Waals surface area contributed by atoms with E-state index in [2.05, 4.69) is 53.7 Å². The van der Waals surface area contributed by atoms with Gasteiger partial charge in [0, 0.05) is 11.8 Å². The quantitative estimate of drug-likeness (QED) is 0.516. The van der Waals surface area contributed by atoms with Crippen LogP contribution in [0.2, 0.25) is 0 Å². The molecule has 0 aromatic carbocycles. The van der Waals surface area contributed by atoms with Gasteiger partial charge in [-0.15, -0.1) is 0 Å². The van der Waals surface area contributed by atoms with Gasteiger partial charge in [-0.2, -0.15) is 0 Å². The molecule has 0 unspecified atom stereocenters. The number of hydrogen-bond donors (Lipinski definition) is 3. The first-order valence-corrected chi connectivity index (χ1v) is 12.9. The molecule has 3 N–H and O–H groups in total. The molecule has 0 spiro atoms. The first kappa shape index (κ1) is 23.5. The van der Waals surface area contributed by atoms with Crippen molar-refractivity contribution in [3.05, 3.63) is 23.8 Å². The van der Waals surface area contributed by atoms with Gasteiger partial charge in [0.1, 0.15) is 11.7 Å². The lowest BCUT2D eigenvalue weighted by molar-refractivity contribution is -0.210. The minimum Gasteiger partial charge on any atom is -0.393 e. The zero-order chi connectivity index (χ0) is 22.8. The minimum absolute atomic E-state index is 0.271. The van der Waals surface area contributed by atoms with E-state index < -0.39 is 17.8 Å². The van der Waals surface area contributed by atoms with Crippen LogP contribution in [-0.2, 0) is 0 Å². The van der Waals surface area contributed by atoms with E-state index >= 15 is 0 Å². The molecule has 4 aliphatic rings. The van der Waals surface area contributed by atoms with Gasteiger partial charge in [-0.25, -0.2) is 0 Å². The third-order valence-corrected chi connectivity index (χ3v) is 10.7. The first-order chi connectivity index (χ1) is 14.4. The lowest BCUT2D eigenvalue weighted by Gasteiger charge is -2.62. The summed E-state index contributed by atoms with van der Waals surface area (Å²) in [6.07, 6.45) is 12.1. The molecule has 0 amide bonds. The fraction of sp³-hybridized carbons (Fsp3) is 0.857. The maximum atomic E-state index is 11.6. The highest BCUT2D eigenvalue weighted by Crippen LogP contribution is 2.67. The van der Waals surface area contributed by atoms with Crippen LogP contribution < -0.4 is 0 Å². The summed E-state index contributed by atoms with van der Waals surface area (Å²) >= 11 is 0. The van der Waals surface area contributed by atoms with Crippen LogP contribution in [0.5, 0.6) is 0 Å². The van der Waals surface area contributed by atoms with Gasteiger partial charge in [-0.3, -0.25) is 0 Å². The summed E-state index contributed by atoms with van der Waals surface area (Å²) in [5, 5.41) is 32.9. The molecule has 31 heavy (non-hydrogen) atoms. The fourth-order valence-corrected chi connectivity index (χ4v) is 8.16. The SMILES string of the molecule is CC(C)[C@@H](C)/C=C/[C@@H](C)[C@@H]1CC[C@@H]2C3=C[C@H](O)[C@@]4(O)C[C@H](O)CC[C@]4(C)[C@@H]3CC[C@@]21C. The van der Waals surface area contributed by atoms with Gasteiger partial charge in [0.25, 0.3) is 0 Å². The highest BCUT2D eigenvalue weighted by atomic mass is 16.3. The summed E-state index contributed by atoms with van der Waals surface area (Å²) in [5.41, 5.74) is 0.160. The summed E-state index contributed by atoms with van der Waals surface area (Å²) in [4.78, 5) is 0. The van der Waals surface area contributed by atoms with E-state index in [9.17, 15) is 15.3 Å². The normalized spacial score (nSPS) is 49.4. The summed E-state index contributed by atoms with van der Waals surface area (Å²) in [5.74, 6) is 3.37. The van der Waals surface area contributed by atoms with Gasteiger partial charge in [0.2, 0.25) is 0 Å². The van der Waals surface area contributed by atoms with Crippen molar-refractivity contribution in [1.29, 1.82) is 0 Å². The lowest BCUT2D eigenvalue weighted by Crippen LogP contribution is -2.65. The summed E-state index contributed by atoms with van der Waals surface area (Å²) in [6.45, 7) is 14.0. The van der Waals surface area contributed by atoms with E-state index in [0.717, 1.165) is 19.3 Å². The minimum atomic E-state index is -1.20. The molecule has 176 valence electrons. The fourth-order valence-electron chi connectivity index (χ4n) is 8.16. The zero-order valence-corrected chi connectivity index (χ0v) is 20.6. The van der Waals surface area contributed by atoms with Crippen LogP contribution in [0.1, 0.15) is 86.5 Å². The predicted octanol–water partition coefficient (Wildman–Crippen LogP) is 5.50. The van der Waals surface area contributed by atoms with Crippen LogP contribution in [0.25, 0.3) is 0 Å². The zero-order valence-electron chi connectivity index (χ0n) is 20.6. The highest BCUT2D eigenvalue weighted by molar-refractivity contribution is 5.33. The molecule has 3 nitrogen and oxygen atoms in total. The van der Waals surface area contributed by atoms with E-state index in [1.165, 1.54) is 24.8 Å². The Bertz CT molecular complexity index is 741. The van der Waals surface area contributed by atoms with Gasteiger partial charge in [0.05, 0.1) is 6.10 Å². The van der Waals surface area contributed by atoms with Crippen molar-refractivity contribution in [3.8, 4) is 0 Å². The number of allylic oxidation sites excluding steroid dienone is 3. The summed E-state index contributed by atoms with van der Waals surface area (Å²) in [6, 6.07) is 0. The van der Waals surface area contributed by atoms with Crippen molar-refractivity contribution < 1.29 is 15.3 Å². The number of rotatable bonds is 4. The van der Waals surface area contributed by atoms with Gasteiger partial charge in [-0.1, -0.05) is 65.3 Å². The molecule has 0 saturated heterocycles. The first-order valence-electron chi connectivity index (χ1n) is 12.9. The number of hydrogen-bond acceptors (Lipinski definition) is 3. The van der Waals surface area contributed by atoms with Crippen LogP contribution in [0.3, 0.4) is 0 Å². The Morgan fingerprint density at radius 3 is 2.32 bits per heavy atom. The topological polar surface area (TPSA) is 60.7 Å². The van der Waals surface area contributed by atoms with Crippen molar-refractivity contribution in [3.63, 3.8) is 0 Å². The molecular formula is C28H46O3. The number of aliphatic hydroxyl groups is 3. The Morgan fingerprint density at radius 1 is 0.935 bits per heavy atom. The van der Waals surface area contributed by atoms with Crippen LogP contribution in [0, 0.1) is 46.3 Å². The Balaban J connectivity index is 1.61. The van der Waals surface area contributed by atoms with Crippen molar-refractivity contribution in [2.75, 3.05) is 0 Å². The summed E-state index contributed by atoms with van der Waals surface area (Å²) in [7, 11) is 0. The average Bonchev–Trinajstić information content (AvgIpc) is 3.05. The van der Waals surface area contributed by atoms with Gasteiger partial charge < -0.3 is 15.3 Å². The molecule has 0 heterocycles. The largest absolute Gasteiger partial charge is 0.393 e. The van der Waals surface area contributed by atoms with E-state index in [1.54, 1.807) is 0 Å². The van der Waals surface area contributed by atoms with E-state index in [1.807, 2.05) is 6.08 Å². The monoisotopic (exact) mass is 430 g/mol. The molecule has 10 atom stereocenters. The predicted molar refractivity (Wildman–Crippen MR) is 126 cm³/mol. The van der Waals surface area contributed by atoms with Crippen molar-refractivity contribution in [2.45, 2.75) is 104 Å². The molecule has 4 rings (SSSR count). The second-order valence-electron chi connectivity index (χ2n) is 12.5. The smallest absolute Gasteiger partial charge is 0.102 e. The van der Waals surface area contributed by atoms with E-state index in [0.29, 0.717) is 41.9 Å². The number of aliphatic hydroxyl groups excluding tert-OH is 2. The second-order valence-corrected chi connectivity index (χ2v) is 12.5. The molecular weight excluding hydrogens is 384 g/mol. The molecule has 0 radical (unpaired) electrons. The number of fused-ring (bicyclic) bond motifs is 5. The Labute approximate surface area is 190 Å². The van der Waals surface area contributed by atoms with Gasteiger partial charge >= 0.3 is 0 Å². The average molecular weight is 431 g/mol. The summed E-state index contributed by atoms with van der Waals surface area (Å²) < 4.78 is 0. The van der Waals surface area contributed by atoms with Crippen molar-refractivity contribution >= 4 is 0 Å². The Kier molecular flexibility index (Phi) is 6.06. The van der Waals surface area contributed by atoms with Gasteiger partial charge in [0.15, 0.2) is 0 Å². The van der Waals surface area contributed by atoms with Crippen molar-refractivity contribution in [1.82, 2.24) is 0 Å². The third-order valence-electron chi connectivity index (χ3n) is 10.7. The molecule has 0 aromatic rings. The van der Waals surface area contributed by atoms with Crippen molar-refractivity contribution in [2.24, 2.45) is 46.3 Å². The second kappa shape index (κ2) is 7.99. The maximum absolute atomic E-state index is 11.6. The molecule has 3 saturated carbocycles. The Morgan fingerprint density at radius 2 is 1.65 bits per heavy atom. The van der Waals surface area contributed by atoms with Crippen LogP contribution in [0.4, 0.5) is 0 Å². The molecule has 0 aromatic heterocycles. The van der Waals surface area contributed by atoms with Crippen LogP contribution in [-0.4, -0.2) is 33.1 Å². The van der Waals surface area contributed by atoms with E-state index in [4.69, 9.17) is 0 Å². The standard InChI is InChI=1S/C28H46O3/c1-17(2)18(3)7-8-19(4)22-9-10-23-21-15-25(30)28(31)16-20(29)11-14-27(28,6)24(21)12-13-26(22,23)5/h7-8,15,17-20,22-25,29-31H,9-14,16H2,1-6H3/b8-7+/t18-,19+,20+,22-,23+,24+,25-,26+,27+,28-/m0/s1. The molecule has 0 bridgehead atoms. The van der Waals surface area contributed by atoms with Crippen LogP contribution >= 0.6 is 0 Å². The van der Waals surface area contributed by atoms with Gasteiger partial charge in [-0.05, 0) is 79.4 Å². The lowest BCUT2D eigenvalue weighted by atomic mass is 9.45. The molecule has 3 heteroatoms. The van der Waals surface area contributed by atoms with Crippen LogP contribution in [0.15, 0.2) is 23.8 Å². The molecule has 4 aliphatic carbocycles. The molecule has 0 aliphatic heterocycles. The maximum Gasteiger partial charge on any atom is 0.102 e. The highest BCUT2D eigenvalue weighted by Gasteiger charge is 2.64. The van der Waals surface area contributed by atoms with E-state index in [-0.39, 0.29) is 10.8 Å². The molecule has 3 fully saturated rings. The Hall–Kier alpha value is -0.640. The third kappa shape index (κ3) is 3.49.